The highest BCUT2D eigenvalue weighted by Gasteiger charge is 2.32. The van der Waals surface area contributed by atoms with Gasteiger partial charge in [-0.3, -0.25) is 14.4 Å². The number of hydrogen-bond donors (Lipinski definition) is 0. The zero-order chi connectivity index (χ0) is 16.4. The fourth-order valence-electron chi connectivity index (χ4n) is 2.64. The summed E-state index contributed by atoms with van der Waals surface area (Å²) >= 11 is 0. The van der Waals surface area contributed by atoms with Crippen molar-refractivity contribution in [3.63, 3.8) is 0 Å². The normalized spacial score (nSPS) is 14.7. The molecular formula is C19H14O4. The second-order valence-corrected chi connectivity index (χ2v) is 5.24. The maximum absolute atomic E-state index is 12.7. The first-order chi connectivity index (χ1) is 11.1. The third kappa shape index (κ3) is 2.83. The van der Waals surface area contributed by atoms with Crippen molar-refractivity contribution in [3.05, 3.63) is 82.9 Å². The minimum atomic E-state index is -0.890. The van der Waals surface area contributed by atoms with Gasteiger partial charge in [-0.2, -0.15) is 0 Å². The van der Waals surface area contributed by atoms with E-state index in [0.29, 0.717) is 16.7 Å². The number of ketones is 2. The van der Waals surface area contributed by atoms with Crippen LogP contribution in [0.1, 0.15) is 39.3 Å². The molecule has 4 nitrogen and oxygen atoms in total. The molecule has 0 heterocycles. The highest BCUT2D eigenvalue weighted by atomic mass is 16.5. The van der Waals surface area contributed by atoms with Crippen LogP contribution >= 0.6 is 0 Å². The summed E-state index contributed by atoms with van der Waals surface area (Å²) in [6.07, 6.45) is 0.379. The number of rotatable bonds is 3. The molecule has 0 fully saturated rings. The first kappa shape index (κ1) is 14.9. The summed E-state index contributed by atoms with van der Waals surface area (Å²) in [5, 5.41) is 0. The maximum atomic E-state index is 12.7. The van der Waals surface area contributed by atoms with Crippen LogP contribution in [0.15, 0.2) is 66.2 Å². The number of carbonyl (C=O) groups excluding carboxylic acids is 3. The third-order valence-electron chi connectivity index (χ3n) is 3.65. The third-order valence-corrected chi connectivity index (χ3v) is 3.65. The van der Waals surface area contributed by atoms with Crippen molar-refractivity contribution < 1.29 is 19.1 Å². The molecule has 0 amide bonds. The van der Waals surface area contributed by atoms with E-state index >= 15 is 0 Å². The van der Waals surface area contributed by atoms with E-state index in [0.717, 1.165) is 0 Å². The van der Waals surface area contributed by atoms with Crippen molar-refractivity contribution >= 4 is 17.5 Å². The van der Waals surface area contributed by atoms with E-state index in [1.807, 2.05) is 6.07 Å². The van der Waals surface area contributed by atoms with Crippen LogP contribution in [0.4, 0.5) is 0 Å². The summed E-state index contributed by atoms with van der Waals surface area (Å²) in [5.74, 6) is -1.07. The predicted molar refractivity (Wildman–Crippen MR) is 84.1 cm³/mol. The molecule has 1 atom stereocenters. The van der Waals surface area contributed by atoms with E-state index in [1.165, 1.54) is 13.0 Å². The van der Waals surface area contributed by atoms with Crippen molar-refractivity contribution in [3.8, 4) is 0 Å². The van der Waals surface area contributed by atoms with E-state index in [1.54, 1.807) is 48.5 Å². The van der Waals surface area contributed by atoms with E-state index in [-0.39, 0.29) is 17.1 Å². The van der Waals surface area contributed by atoms with Gasteiger partial charge in [-0.25, -0.2) is 0 Å². The first-order valence-electron chi connectivity index (χ1n) is 7.19. The van der Waals surface area contributed by atoms with Gasteiger partial charge in [0.2, 0.25) is 0 Å². The summed E-state index contributed by atoms with van der Waals surface area (Å²) in [4.78, 5) is 36.5. The molecule has 1 unspecified atom stereocenters. The average molecular weight is 306 g/mol. The molecule has 114 valence electrons. The largest absolute Gasteiger partial charge is 0.453 e. The molecule has 0 spiro atoms. The minimum Gasteiger partial charge on any atom is -0.453 e. The average Bonchev–Trinajstić information content (AvgIpc) is 2.57. The van der Waals surface area contributed by atoms with Gasteiger partial charge in [0, 0.05) is 23.6 Å². The summed E-state index contributed by atoms with van der Waals surface area (Å²) < 4.78 is 5.33. The Labute approximate surface area is 133 Å². The number of carbonyl (C=O) groups is 3. The Morgan fingerprint density at radius 1 is 0.913 bits per heavy atom. The molecule has 23 heavy (non-hydrogen) atoms. The van der Waals surface area contributed by atoms with Gasteiger partial charge in [-0.05, 0) is 11.6 Å². The number of benzene rings is 2. The van der Waals surface area contributed by atoms with Gasteiger partial charge in [0.05, 0.1) is 0 Å². The molecule has 0 aliphatic heterocycles. The maximum Gasteiger partial charge on any atom is 0.303 e. The molecule has 4 heteroatoms. The lowest BCUT2D eigenvalue weighted by Gasteiger charge is -2.23. The topological polar surface area (TPSA) is 60.4 Å². The second kappa shape index (κ2) is 6.01. The quantitative estimate of drug-likeness (QED) is 0.816. The number of ether oxygens (including phenoxy) is 1. The fourth-order valence-corrected chi connectivity index (χ4v) is 2.64. The molecule has 3 rings (SSSR count). The fraction of sp³-hybridized carbons (Fsp3) is 0.105. The van der Waals surface area contributed by atoms with Crippen molar-refractivity contribution in [1.29, 1.82) is 0 Å². The summed E-state index contributed by atoms with van der Waals surface area (Å²) in [6.45, 7) is 1.28. The lowest BCUT2D eigenvalue weighted by Crippen LogP contribution is -2.23. The van der Waals surface area contributed by atoms with Crippen molar-refractivity contribution in [1.82, 2.24) is 0 Å². The Balaban J connectivity index is 2.09. The van der Waals surface area contributed by atoms with Gasteiger partial charge in [0.25, 0.3) is 0 Å². The van der Waals surface area contributed by atoms with Crippen LogP contribution in [0.25, 0.3) is 0 Å². The lowest BCUT2D eigenvalue weighted by atomic mass is 9.85. The van der Waals surface area contributed by atoms with E-state index in [9.17, 15) is 14.4 Å². The van der Waals surface area contributed by atoms with Crippen molar-refractivity contribution in [2.75, 3.05) is 0 Å². The highest BCUT2D eigenvalue weighted by molar-refractivity contribution is 6.25. The van der Waals surface area contributed by atoms with Crippen LogP contribution in [-0.4, -0.2) is 17.5 Å². The Bertz CT molecular complexity index is 818. The Kier molecular flexibility index (Phi) is 3.89. The van der Waals surface area contributed by atoms with E-state index < -0.39 is 12.1 Å². The standard InChI is InChI=1S/C19H14O4/c1-12(20)23-19(13-7-3-2-4-8-13)16-11-17(21)14-9-5-6-10-15(14)18(16)22/h2-11,19H,1H3. The van der Waals surface area contributed by atoms with E-state index in [4.69, 9.17) is 4.74 Å². The van der Waals surface area contributed by atoms with Crippen LogP contribution in [0.5, 0.6) is 0 Å². The number of Topliss-reactive ketones (excluding diaryl/α,β-unsaturated/α-hetero) is 1. The minimum absolute atomic E-state index is 0.176. The van der Waals surface area contributed by atoms with Crippen molar-refractivity contribution in [2.24, 2.45) is 0 Å². The lowest BCUT2D eigenvalue weighted by molar-refractivity contribution is -0.144. The van der Waals surface area contributed by atoms with Gasteiger partial charge in [0.1, 0.15) is 0 Å². The highest BCUT2D eigenvalue weighted by Crippen LogP contribution is 2.32. The van der Waals surface area contributed by atoms with Gasteiger partial charge in [0.15, 0.2) is 17.7 Å². The van der Waals surface area contributed by atoms with Crippen molar-refractivity contribution in [2.45, 2.75) is 13.0 Å². The van der Waals surface area contributed by atoms with Gasteiger partial charge in [-0.15, -0.1) is 0 Å². The molecule has 0 saturated heterocycles. The molecular weight excluding hydrogens is 292 g/mol. The van der Waals surface area contributed by atoms with Crippen LogP contribution in [0.3, 0.4) is 0 Å². The number of esters is 1. The summed E-state index contributed by atoms with van der Waals surface area (Å²) in [7, 11) is 0. The molecule has 0 aromatic heterocycles. The smallest absolute Gasteiger partial charge is 0.303 e. The summed E-state index contributed by atoms with van der Waals surface area (Å²) in [6, 6.07) is 15.6. The van der Waals surface area contributed by atoms with Crippen LogP contribution in [-0.2, 0) is 9.53 Å². The van der Waals surface area contributed by atoms with Crippen LogP contribution in [0, 0.1) is 0 Å². The molecule has 1 aliphatic rings. The Morgan fingerprint density at radius 3 is 2.17 bits per heavy atom. The number of allylic oxidation sites excluding steroid dienone is 1. The predicted octanol–water partition coefficient (Wildman–Crippen LogP) is 3.30. The first-order valence-corrected chi connectivity index (χ1v) is 7.19. The monoisotopic (exact) mass is 306 g/mol. The zero-order valence-corrected chi connectivity index (χ0v) is 12.5. The molecule has 2 aromatic rings. The van der Waals surface area contributed by atoms with Gasteiger partial charge in [-0.1, -0.05) is 54.6 Å². The molecule has 0 bridgehead atoms. The molecule has 0 N–H and O–H groups in total. The molecule has 0 radical (unpaired) electrons. The zero-order valence-electron chi connectivity index (χ0n) is 12.5. The Morgan fingerprint density at radius 2 is 1.52 bits per heavy atom. The molecule has 2 aromatic carbocycles. The number of hydrogen-bond acceptors (Lipinski definition) is 4. The van der Waals surface area contributed by atoms with E-state index in [2.05, 4.69) is 0 Å². The number of fused-ring (bicyclic) bond motifs is 1. The second-order valence-electron chi connectivity index (χ2n) is 5.24. The van der Waals surface area contributed by atoms with Crippen LogP contribution < -0.4 is 0 Å². The molecule has 1 aliphatic carbocycles. The SMILES string of the molecule is CC(=O)OC(C1=CC(=O)c2ccccc2C1=O)c1ccccc1. The van der Waals surface area contributed by atoms with Gasteiger partial charge < -0.3 is 4.74 Å². The Hall–Kier alpha value is -3.01. The molecule has 0 saturated carbocycles. The van der Waals surface area contributed by atoms with Gasteiger partial charge >= 0.3 is 5.97 Å². The van der Waals surface area contributed by atoms with Crippen LogP contribution in [0.2, 0.25) is 0 Å². The summed E-state index contributed by atoms with van der Waals surface area (Å²) in [5.41, 5.74) is 1.53.